The Morgan fingerprint density at radius 1 is 1.11 bits per heavy atom. The van der Waals surface area contributed by atoms with Crippen molar-refractivity contribution < 1.29 is 24.2 Å². The van der Waals surface area contributed by atoms with Crippen LogP contribution in [-0.2, 0) is 9.53 Å². The molecule has 0 heterocycles. The molecule has 1 aromatic rings. The molecule has 0 aromatic heterocycles. The van der Waals surface area contributed by atoms with Gasteiger partial charge in [0.2, 0.25) is 0 Å². The molecule has 0 aliphatic heterocycles. The molecule has 8 heteroatoms. The molecule has 0 aliphatic carbocycles. The molecule has 1 aromatic carbocycles. The molecule has 146 valence electrons. The van der Waals surface area contributed by atoms with Gasteiger partial charge in [-0.1, -0.05) is 5.92 Å². The molecule has 0 saturated heterocycles. The van der Waals surface area contributed by atoms with Gasteiger partial charge in [-0.15, -0.1) is 0 Å². The summed E-state index contributed by atoms with van der Waals surface area (Å²) >= 11 is 2.99. The third-order valence-corrected chi connectivity index (χ3v) is 3.60. The molecule has 0 saturated carbocycles. The molecule has 3 N–H and O–H groups in total. The lowest BCUT2D eigenvalue weighted by atomic mass is 9.94. The third kappa shape index (κ3) is 7.31. The van der Waals surface area contributed by atoms with Crippen LogP contribution in [0, 0.1) is 10.8 Å². The first-order valence-electron chi connectivity index (χ1n) is 8.12. The van der Waals surface area contributed by atoms with Crippen molar-refractivity contribution in [3.05, 3.63) is 35.4 Å². The number of carboxylic acids is 1. The maximum absolute atomic E-state index is 12.4. The molecular formula is C19H23BrN2O5. The Bertz CT molecular complexity index is 770. The molecule has 27 heavy (non-hydrogen) atoms. The van der Waals surface area contributed by atoms with E-state index in [1.807, 2.05) is 0 Å². The van der Waals surface area contributed by atoms with Crippen molar-refractivity contribution in [1.82, 2.24) is 10.6 Å². The fourth-order valence-corrected chi connectivity index (χ4v) is 2.39. The van der Waals surface area contributed by atoms with E-state index in [4.69, 9.17) is 4.74 Å². The van der Waals surface area contributed by atoms with E-state index in [0.29, 0.717) is 5.56 Å². The third-order valence-electron chi connectivity index (χ3n) is 3.41. The van der Waals surface area contributed by atoms with Crippen LogP contribution in [0.15, 0.2) is 24.3 Å². The second-order valence-electron chi connectivity index (χ2n) is 7.39. The van der Waals surface area contributed by atoms with Crippen LogP contribution in [0.1, 0.15) is 50.5 Å². The molecule has 0 bridgehead atoms. The molecule has 0 spiro atoms. The predicted molar refractivity (Wildman–Crippen MR) is 105 cm³/mol. The summed E-state index contributed by atoms with van der Waals surface area (Å²) in [4.78, 5) is 38.7. The Labute approximate surface area is 167 Å². The van der Waals surface area contributed by atoms with Crippen LogP contribution in [-0.4, -0.2) is 40.3 Å². The maximum Gasteiger partial charge on any atom is 0.408 e. The first-order valence-corrected chi connectivity index (χ1v) is 8.91. The van der Waals surface area contributed by atoms with Crippen LogP contribution in [0.25, 0.3) is 0 Å². The van der Waals surface area contributed by atoms with E-state index in [9.17, 15) is 19.5 Å². The SMILES string of the molecule is CC(C)(C)OC(=O)NC(C)(C)C(NC(=O)c1ccc(C#CBr)cc1)C(=O)O. The molecular weight excluding hydrogens is 416 g/mol. The Morgan fingerprint density at radius 3 is 2.11 bits per heavy atom. The minimum absolute atomic E-state index is 0.273. The van der Waals surface area contributed by atoms with Crippen molar-refractivity contribution in [1.29, 1.82) is 0 Å². The number of aliphatic carboxylic acids is 1. The molecule has 1 rings (SSSR count). The Kier molecular flexibility index (Phi) is 7.43. The van der Waals surface area contributed by atoms with Crippen molar-refractivity contribution in [3.63, 3.8) is 0 Å². The lowest BCUT2D eigenvalue weighted by Crippen LogP contribution is -2.62. The summed E-state index contributed by atoms with van der Waals surface area (Å²) in [5.74, 6) is 0.907. The normalized spacial score (nSPS) is 12.2. The molecule has 1 unspecified atom stereocenters. The Balaban J connectivity index is 2.93. The number of benzene rings is 1. The number of alkyl carbamates (subject to hydrolysis) is 1. The van der Waals surface area contributed by atoms with Crippen LogP contribution >= 0.6 is 15.9 Å². The van der Waals surface area contributed by atoms with Gasteiger partial charge in [0.15, 0.2) is 0 Å². The highest BCUT2D eigenvalue weighted by molar-refractivity contribution is 9.12. The highest BCUT2D eigenvalue weighted by Crippen LogP contribution is 2.14. The van der Waals surface area contributed by atoms with Crippen LogP contribution in [0.5, 0.6) is 0 Å². The largest absolute Gasteiger partial charge is 0.480 e. The van der Waals surface area contributed by atoms with E-state index in [1.165, 1.54) is 26.0 Å². The summed E-state index contributed by atoms with van der Waals surface area (Å²) in [6, 6.07) is 4.98. The van der Waals surface area contributed by atoms with Crippen molar-refractivity contribution in [2.24, 2.45) is 0 Å². The van der Waals surface area contributed by atoms with E-state index in [-0.39, 0.29) is 5.56 Å². The number of hydrogen-bond acceptors (Lipinski definition) is 4. The van der Waals surface area contributed by atoms with Crippen molar-refractivity contribution >= 4 is 33.9 Å². The monoisotopic (exact) mass is 438 g/mol. The van der Waals surface area contributed by atoms with E-state index >= 15 is 0 Å². The van der Waals surface area contributed by atoms with Gasteiger partial charge in [0.1, 0.15) is 11.6 Å². The molecule has 2 amide bonds. The quantitative estimate of drug-likeness (QED) is 0.612. The van der Waals surface area contributed by atoms with Gasteiger partial charge in [-0.05, 0) is 63.7 Å². The van der Waals surface area contributed by atoms with Crippen LogP contribution in [0.4, 0.5) is 4.79 Å². The molecule has 7 nitrogen and oxygen atoms in total. The first kappa shape index (κ1) is 22.5. The summed E-state index contributed by atoms with van der Waals surface area (Å²) < 4.78 is 5.16. The number of rotatable bonds is 5. The average Bonchev–Trinajstić information content (AvgIpc) is 2.50. The second-order valence-corrected chi connectivity index (χ2v) is 7.79. The highest BCUT2D eigenvalue weighted by atomic mass is 79.9. The summed E-state index contributed by atoms with van der Waals surface area (Å²) in [5.41, 5.74) is -1.06. The molecule has 0 radical (unpaired) electrons. The number of carbonyl (C=O) groups excluding carboxylic acids is 2. The number of carboxylic acid groups (broad SMARTS) is 1. The number of ether oxygens (including phenoxy) is 1. The summed E-state index contributed by atoms with van der Waals surface area (Å²) in [6.07, 6.45) is -0.773. The van der Waals surface area contributed by atoms with Crippen molar-refractivity contribution in [2.75, 3.05) is 0 Å². The van der Waals surface area contributed by atoms with Gasteiger partial charge in [-0.3, -0.25) is 4.79 Å². The average molecular weight is 439 g/mol. The minimum atomic E-state index is -1.38. The second kappa shape index (κ2) is 8.91. The number of halogens is 1. The lowest BCUT2D eigenvalue weighted by Gasteiger charge is -2.33. The Morgan fingerprint density at radius 2 is 1.67 bits per heavy atom. The van der Waals surface area contributed by atoms with Crippen molar-refractivity contribution in [3.8, 4) is 10.8 Å². The zero-order chi connectivity index (χ0) is 20.8. The lowest BCUT2D eigenvalue weighted by molar-refractivity contribution is -0.141. The smallest absolute Gasteiger partial charge is 0.408 e. The van der Waals surface area contributed by atoms with Crippen LogP contribution in [0.3, 0.4) is 0 Å². The standard InChI is InChI=1S/C19H23BrN2O5/c1-18(2,3)27-17(26)22-19(4,5)14(16(24)25)21-15(23)13-8-6-12(7-9-13)10-11-20/h6-9,14H,1-5H3,(H,21,23)(H,22,26)(H,24,25). The highest BCUT2D eigenvalue weighted by Gasteiger charge is 2.39. The van der Waals surface area contributed by atoms with Gasteiger partial charge in [0.05, 0.1) is 5.54 Å². The summed E-state index contributed by atoms with van der Waals surface area (Å²) in [5, 5.41) is 14.5. The zero-order valence-corrected chi connectivity index (χ0v) is 17.4. The van der Waals surface area contributed by atoms with Gasteiger partial charge in [-0.25, -0.2) is 9.59 Å². The Hall–Kier alpha value is -2.53. The fourth-order valence-electron chi connectivity index (χ4n) is 2.16. The predicted octanol–water partition coefficient (Wildman–Crippen LogP) is 2.88. The van der Waals surface area contributed by atoms with Crippen LogP contribution < -0.4 is 10.6 Å². The van der Waals surface area contributed by atoms with Gasteiger partial charge in [0, 0.05) is 27.1 Å². The number of carbonyl (C=O) groups is 3. The van der Waals surface area contributed by atoms with E-state index < -0.39 is 35.2 Å². The maximum atomic E-state index is 12.4. The molecule has 0 aliphatic rings. The van der Waals surface area contributed by atoms with E-state index in [1.54, 1.807) is 32.9 Å². The van der Waals surface area contributed by atoms with Gasteiger partial charge in [-0.2, -0.15) is 0 Å². The topological polar surface area (TPSA) is 105 Å². The fraction of sp³-hybridized carbons (Fsp3) is 0.421. The van der Waals surface area contributed by atoms with E-state index in [0.717, 1.165) is 0 Å². The number of nitrogens with one attached hydrogen (secondary N) is 2. The minimum Gasteiger partial charge on any atom is -0.480 e. The first-order chi connectivity index (χ1) is 12.4. The zero-order valence-electron chi connectivity index (χ0n) is 15.8. The summed E-state index contributed by atoms with van der Waals surface area (Å²) in [6.45, 7) is 8.06. The van der Waals surface area contributed by atoms with Gasteiger partial charge >= 0.3 is 12.1 Å². The summed E-state index contributed by atoms with van der Waals surface area (Å²) in [7, 11) is 0. The van der Waals surface area contributed by atoms with Crippen LogP contribution in [0.2, 0.25) is 0 Å². The van der Waals surface area contributed by atoms with Gasteiger partial charge in [0.25, 0.3) is 5.91 Å². The van der Waals surface area contributed by atoms with Gasteiger partial charge < -0.3 is 20.5 Å². The molecule has 0 fully saturated rings. The van der Waals surface area contributed by atoms with Crippen molar-refractivity contribution in [2.45, 2.75) is 51.8 Å². The number of amides is 2. The number of hydrogen-bond donors (Lipinski definition) is 3. The molecule has 1 atom stereocenters. The van der Waals surface area contributed by atoms with E-state index in [2.05, 4.69) is 37.3 Å².